The second-order valence-electron chi connectivity index (χ2n) is 12.6. The molecule has 0 unspecified atom stereocenters. The molecular formula is C54H35N3. The van der Waals surface area contributed by atoms with E-state index in [1.807, 2.05) is 0 Å². The molecule has 0 aliphatic rings. The molecule has 0 saturated heterocycles. The predicted octanol–water partition coefficient (Wildman–Crippen LogP) is 14.3. The SMILES string of the molecule is [2H]c1c([2H])c([2H])c(-c2c([2H])c([2H])c(-c3cccc(-n4c5c([2H])c([2H])c([2H])c([2H])c5c5c([2H])c([2H])c(-n6c7c([2H])c([2H])c([2H])c([2H])c7c7c([2H])c([2H])c([2H])c(-n8c9c([2H])c([2H])c([2H])c([2H])c9c9c([2H])c([2H])c([2H])c([2H])c98)c76)c([2H])c54)c3)c([2H])c2[2H])c([2H])c1[2H]. The van der Waals surface area contributed by atoms with Crippen LogP contribution in [0.25, 0.3) is 105 Å². The van der Waals surface area contributed by atoms with Gasteiger partial charge >= 0.3 is 0 Å². The highest BCUT2D eigenvalue weighted by molar-refractivity contribution is 6.16. The fourth-order valence-corrected chi connectivity index (χ4v) is 7.21. The van der Waals surface area contributed by atoms with Crippen LogP contribution >= 0.6 is 0 Å². The Morgan fingerprint density at radius 1 is 0.316 bits per heavy atom. The zero-order valence-electron chi connectivity index (χ0n) is 59.7. The fourth-order valence-electron chi connectivity index (χ4n) is 7.21. The molecule has 0 bridgehead atoms. The van der Waals surface area contributed by atoms with Crippen molar-refractivity contribution in [1.29, 1.82) is 0 Å². The van der Waals surface area contributed by atoms with Crippen LogP contribution in [0, 0.1) is 0 Å². The summed E-state index contributed by atoms with van der Waals surface area (Å²) in [6.45, 7) is 0. The standard InChI is InChI=1S/C54H35N3/c1-2-14-36(15-3-1)37-28-30-38(31-29-37)39-16-12-17-40(34-39)55-48-23-8-4-20-44(48)46-33-32-41(35-53(46)55)56-49-24-9-7-21-45(49)47-22-13-27-52(54(47)56)57-50-25-10-5-18-42(50)43-19-6-11-26-51(43)57/h1-35H/i1D,2D,3D,4D,5D,6D,7D,8D,9D,10D,11D,13D,14D,15D,18D,19D,20D,21D,22D,23D,24D,25D,26D,27D,28D,29D,30D,31D,32D,33D,35D. The lowest BCUT2D eigenvalue weighted by molar-refractivity contribution is 1.13. The van der Waals surface area contributed by atoms with Crippen molar-refractivity contribution in [3.8, 4) is 39.3 Å². The monoisotopic (exact) mass is 756 g/mol. The van der Waals surface area contributed by atoms with Crippen LogP contribution in [-0.4, -0.2) is 13.7 Å². The molecule has 0 fully saturated rings. The number of benzene rings is 9. The second kappa shape index (κ2) is 12.5. The smallest absolute Gasteiger partial charge is 0.0782 e. The molecule has 0 radical (unpaired) electrons. The lowest BCUT2D eigenvalue weighted by Crippen LogP contribution is -2.01. The van der Waals surface area contributed by atoms with E-state index in [0.717, 1.165) is 13.7 Å². The molecule has 0 aliphatic carbocycles. The van der Waals surface area contributed by atoms with E-state index in [4.69, 9.17) is 23.3 Å². The largest absolute Gasteiger partial charge is 0.309 e. The number of hydrogen-bond acceptors (Lipinski definition) is 0. The van der Waals surface area contributed by atoms with Crippen molar-refractivity contribution in [2.45, 2.75) is 0 Å². The van der Waals surface area contributed by atoms with E-state index in [2.05, 4.69) is 0 Å². The van der Waals surface area contributed by atoms with Crippen LogP contribution in [0.5, 0.6) is 0 Å². The van der Waals surface area contributed by atoms with Crippen LogP contribution in [-0.2, 0) is 0 Å². The van der Waals surface area contributed by atoms with Crippen molar-refractivity contribution >= 4 is 65.4 Å². The van der Waals surface area contributed by atoms with Gasteiger partial charge in [-0.05, 0) is 76.7 Å². The highest BCUT2D eigenvalue weighted by atomic mass is 15.1. The van der Waals surface area contributed by atoms with Crippen LogP contribution in [0.2, 0.25) is 0 Å². The first-order valence-electron chi connectivity index (χ1n) is 32.6. The van der Waals surface area contributed by atoms with E-state index in [9.17, 15) is 19.2 Å². The molecule has 12 aromatic rings. The van der Waals surface area contributed by atoms with Crippen molar-refractivity contribution in [3.63, 3.8) is 0 Å². The highest BCUT2D eigenvalue weighted by Gasteiger charge is 2.21. The second-order valence-corrected chi connectivity index (χ2v) is 12.6. The molecule has 266 valence electrons. The summed E-state index contributed by atoms with van der Waals surface area (Å²) in [4.78, 5) is 0. The fraction of sp³-hybridized carbons (Fsp3) is 0. The Bertz CT molecular complexity index is 5210. The van der Waals surface area contributed by atoms with Crippen molar-refractivity contribution in [1.82, 2.24) is 13.7 Å². The van der Waals surface area contributed by atoms with Crippen molar-refractivity contribution in [2.75, 3.05) is 0 Å². The van der Waals surface area contributed by atoms with E-state index in [1.54, 1.807) is 0 Å². The molecule has 12 rings (SSSR count). The first-order valence-corrected chi connectivity index (χ1v) is 17.1. The number of rotatable bonds is 5. The molecule has 0 spiro atoms. The van der Waals surface area contributed by atoms with Gasteiger partial charge in [-0.2, -0.15) is 0 Å². The van der Waals surface area contributed by atoms with Gasteiger partial charge in [-0.3, -0.25) is 0 Å². The van der Waals surface area contributed by atoms with E-state index in [0.29, 0.717) is 0 Å². The summed E-state index contributed by atoms with van der Waals surface area (Å²) in [7, 11) is 0. The van der Waals surface area contributed by atoms with E-state index in [1.165, 1.54) is 24.3 Å². The van der Waals surface area contributed by atoms with Crippen LogP contribution < -0.4 is 0 Å². The lowest BCUT2D eigenvalue weighted by atomic mass is 10.00. The Kier molecular flexibility index (Phi) is 3.02. The third-order valence-corrected chi connectivity index (χ3v) is 9.59. The van der Waals surface area contributed by atoms with Gasteiger partial charge in [0.15, 0.2) is 0 Å². The molecule has 0 amide bonds. The molecule has 0 N–H and O–H groups in total. The summed E-state index contributed by atoms with van der Waals surface area (Å²) in [5, 5.41) is -3.19. The van der Waals surface area contributed by atoms with Gasteiger partial charge in [0.05, 0.1) is 81.3 Å². The van der Waals surface area contributed by atoms with Crippen molar-refractivity contribution < 1.29 is 42.5 Å². The third kappa shape index (κ3) is 4.79. The Balaban J connectivity index is 1.29. The van der Waals surface area contributed by atoms with Gasteiger partial charge < -0.3 is 13.7 Å². The Labute approximate surface area is 373 Å². The van der Waals surface area contributed by atoms with Crippen LogP contribution in [0.3, 0.4) is 0 Å². The average Bonchev–Trinajstić information content (AvgIpc) is 1.52. The summed E-state index contributed by atoms with van der Waals surface area (Å²) in [6, 6.07) is -21.8. The molecule has 57 heavy (non-hydrogen) atoms. The number of aromatic nitrogens is 3. The van der Waals surface area contributed by atoms with Crippen LogP contribution in [0.15, 0.2) is 212 Å². The van der Waals surface area contributed by atoms with Gasteiger partial charge in [0.25, 0.3) is 0 Å². The van der Waals surface area contributed by atoms with E-state index in [-0.39, 0.29) is 11.3 Å². The minimum Gasteiger partial charge on any atom is -0.309 e. The minimum atomic E-state index is -1.02. The molecule has 0 aliphatic heterocycles. The average molecular weight is 757 g/mol. The van der Waals surface area contributed by atoms with Crippen LogP contribution in [0.4, 0.5) is 0 Å². The van der Waals surface area contributed by atoms with Gasteiger partial charge in [-0.25, -0.2) is 0 Å². The first kappa shape index (κ1) is 13.8. The zero-order chi connectivity index (χ0) is 64.4. The van der Waals surface area contributed by atoms with Gasteiger partial charge in [0.1, 0.15) is 0 Å². The van der Waals surface area contributed by atoms with Gasteiger partial charge in [-0.15, -0.1) is 0 Å². The number of para-hydroxylation sites is 5. The van der Waals surface area contributed by atoms with Crippen molar-refractivity contribution in [2.24, 2.45) is 0 Å². The summed E-state index contributed by atoms with van der Waals surface area (Å²) in [5.74, 6) is 0. The quantitative estimate of drug-likeness (QED) is 0.166. The topological polar surface area (TPSA) is 14.8 Å². The maximum absolute atomic E-state index is 10.4. The lowest BCUT2D eigenvalue weighted by Gasteiger charge is -2.15. The predicted molar refractivity (Wildman–Crippen MR) is 240 cm³/mol. The van der Waals surface area contributed by atoms with Gasteiger partial charge in [-0.1, -0.05) is 157 Å². The van der Waals surface area contributed by atoms with E-state index < -0.39 is 281 Å². The third-order valence-electron chi connectivity index (χ3n) is 9.59. The Hall–Kier alpha value is -7.62. The molecule has 3 aromatic heterocycles. The first-order chi connectivity index (χ1) is 41.2. The highest BCUT2D eigenvalue weighted by Crippen LogP contribution is 2.41. The maximum Gasteiger partial charge on any atom is 0.0782 e. The molecule has 9 aromatic carbocycles. The summed E-state index contributed by atoms with van der Waals surface area (Å²) in [5.41, 5.74) is -7.28. The summed E-state index contributed by atoms with van der Waals surface area (Å²) < 4.78 is 285. The van der Waals surface area contributed by atoms with Crippen LogP contribution in [0.1, 0.15) is 42.5 Å². The van der Waals surface area contributed by atoms with E-state index >= 15 is 0 Å². The molecule has 3 heteroatoms. The van der Waals surface area contributed by atoms with Crippen molar-refractivity contribution in [3.05, 3.63) is 212 Å². The molecule has 0 atom stereocenters. The molecule has 3 heterocycles. The summed E-state index contributed by atoms with van der Waals surface area (Å²) in [6.07, 6.45) is 0. The number of fused-ring (bicyclic) bond motifs is 9. The minimum absolute atomic E-state index is 0.143. The Morgan fingerprint density at radius 2 is 0.807 bits per heavy atom. The normalized spacial score (nSPS) is 19.5. The summed E-state index contributed by atoms with van der Waals surface area (Å²) >= 11 is 0. The zero-order valence-corrected chi connectivity index (χ0v) is 28.7. The molecular weight excluding hydrogens is 691 g/mol. The Morgan fingerprint density at radius 3 is 1.46 bits per heavy atom. The molecule has 0 saturated carbocycles. The molecule has 3 nitrogen and oxygen atoms in total. The van der Waals surface area contributed by atoms with Gasteiger partial charge in [0, 0.05) is 43.7 Å². The maximum atomic E-state index is 10.4. The van der Waals surface area contributed by atoms with Gasteiger partial charge in [0.2, 0.25) is 0 Å². The number of nitrogens with zero attached hydrogens (tertiary/aromatic N) is 3. The number of hydrogen-bond donors (Lipinski definition) is 0.